The highest BCUT2D eigenvalue weighted by Gasteiger charge is 2.29. The number of para-hydroxylation sites is 1. The molecule has 2 aromatic carbocycles. The zero-order chi connectivity index (χ0) is 25.9. The third kappa shape index (κ3) is 4.77. The van der Waals surface area contributed by atoms with Crippen LogP contribution in [0.4, 0.5) is 22.0 Å². The van der Waals surface area contributed by atoms with Crippen LogP contribution in [0.3, 0.4) is 0 Å². The fourth-order valence-corrected chi connectivity index (χ4v) is 5.43. The van der Waals surface area contributed by atoms with Gasteiger partial charge in [-0.1, -0.05) is 48.5 Å². The maximum Gasteiger partial charge on any atom is 0.350 e. The number of aromatic nitrogens is 1. The van der Waals surface area contributed by atoms with E-state index in [0.717, 1.165) is 22.6 Å². The summed E-state index contributed by atoms with van der Waals surface area (Å²) in [6.45, 7) is 0.917. The van der Waals surface area contributed by atoms with Gasteiger partial charge in [0.25, 0.3) is 0 Å². The molecule has 0 unspecified atom stereocenters. The topological polar surface area (TPSA) is 147 Å². The third-order valence-corrected chi connectivity index (χ3v) is 7.37. The van der Waals surface area contributed by atoms with Gasteiger partial charge in [0.1, 0.15) is 33.3 Å². The second-order valence-electron chi connectivity index (χ2n) is 8.64. The number of esters is 1. The van der Waals surface area contributed by atoms with Crippen molar-refractivity contribution >= 4 is 50.7 Å². The molecule has 2 aromatic heterocycles. The number of hydrogen-bond acceptors (Lipinski definition) is 8. The van der Waals surface area contributed by atoms with Crippen LogP contribution in [0.5, 0.6) is 0 Å². The lowest BCUT2D eigenvalue weighted by Gasteiger charge is -2.31. The Morgan fingerprint density at radius 2 is 1.70 bits per heavy atom. The Labute approximate surface area is 217 Å². The number of rotatable bonds is 4. The van der Waals surface area contributed by atoms with Crippen LogP contribution in [0.15, 0.2) is 60.7 Å². The van der Waals surface area contributed by atoms with Gasteiger partial charge in [0.15, 0.2) is 0 Å². The lowest BCUT2D eigenvalue weighted by Crippen LogP contribution is -2.43. The molecule has 1 fully saturated rings. The molecule has 2 amide bonds. The molecule has 1 aliphatic heterocycles. The molecule has 0 spiro atoms. The minimum Gasteiger partial charge on any atom is -0.458 e. The van der Waals surface area contributed by atoms with Crippen molar-refractivity contribution in [2.24, 2.45) is 0 Å². The third-order valence-electron chi connectivity index (χ3n) is 6.29. The standard InChI is InChI=1S/C27H24N6O3S/c28-15-19-20(16-7-3-1-4-8-16)21-22(29)23(37-25(21)32-24(19)30)26(34)36-18-11-13-33(14-12-18)27(35)31-17-9-5-2-6-10-17/h1-10,18H,11-14,29H2,(H2,30,32)(H,31,35). The summed E-state index contributed by atoms with van der Waals surface area (Å²) < 4.78 is 5.78. The van der Waals surface area contributed by atoms with Crippen LogP contribution < -0.4 is 16.8 Å². The van der Waals surface area contributed by atoms with E-state index in [0.29, 0.717) is 41.7 Å². The highest BCUT2D eigenvalue weighted by molar-refractivity contribution is 7.21. The number of likely N-dealkylation sites (tertiary alicyclic amines) is 1. The first-order valence-electron chi connectivity index (χ1n) is 11.7. The monoisotopic (exact) mass is 512 g/mol. The zero-order valence-corrected chi connectivity index (χ0v) is 20.6. The van der Waals surface area contributed by atoms with Crippen molar-refractivity contribution in [2.75, 3.05) is 29.9 Å². The maximum absolute atomic E-state index is 13.1. The number of ether oxygens (including phenoxy) is 1. The number of piperidine rings is 1. The first-order valence-corrected chi connectivity index (χ1v) is 12.6. The van der Waals surface area contributed by atoms with E-state index in [1.165, 1.54) is 0 Å². The summed E-state index contributed by atoms with van der Waals surface area (Å²) in [5.74, 6) is -0.472. The number of amides is 2. The van der Waals surface area contributed by atoms with E-state index >= 15 is 0 Å². The summed E-state index contributed by atoms with van der Waals surface area (Å²) in [5.41, 5.74) is 15.0. The smallest absolute Gasteiger partial charge is 0.350 e. The molecule has 0 atom stereocenters. The molecule has 5 rings (SSSR count). The molecule has 0 bridgehead atoms. The molecule has 0 saturated carbocycles. The van der Waals surface area contributed by atoms with Crippen LogP contribution in [0.1, 0.15) is 28.1 Å². The van der Waals surface area contributed by atoms with E-state index in [-0.39, 0.29) is 34.1 Å². The first-order chi connectivity index (χ1) is 18.0. The number of anilines is 3. The molecule has 5 N–H and O–H groups in total. The van der Waals surface area contributed by atoms with Crippen LogP contribution in [-0.4, -0.2) is 41.1 Å². The van der Waals surface area contributed by atoms with Crippen LogP contribution in [0, 0.1) is 11.3 Å². The van der Waals surface area contributed by atoms with Crippen LogP contribution in [-0.2, 0) is 4.74 Å². The van der Waals surface area contributed by atoms with Crippen LogP contribution in [0.2, 0.25) is 0 Å². The molecular weight excluding hydrogens is 488 g/mol. The fourth-order valence-electron chi connectivity index (χ4n) is 4.43. The molecule has 4 aromatic rings. The number of thiophene rings is 1. The van der Waals surface area contributed by atoms with Crippen molar-refractivity contribution in [3.05, 3.63) is 71.1 Å². The lowest BCUT2D eigenvalue weighted by molar-refractivity contribution is 0.0164. The van der Waals surface area contributed by atoms with Crippen molar-refractivity contribution in [3.8, 4) is 17.2 Å². The summed E-state index contributed by atoms with van der Waals surface area (Å²) in [6.07, 6.45) is 0.675. The molecule has 0 aliphatic carbocycles. The van der Waals surface area contributed by atoms with Gasteiger partial charge >= 0.3 is 12.0 Å². The second-order valence-corrected chi connectivity index (χ2v) is 9.64. The summed E-state index contributed by atoms with van der Waals surface area (Å²) in [6, 6.07) is 20.5. The van der Waals surface area contributed by atoms with Gasteiger partial charge in [-0.05, 0) is 17.7 Å². The summed E-state index contributed by atoms with van der Waals surface area (Å²) in [5, 5.41) is 13.1. The molecule has 37 heavy (non-hydrogen) atoms. The predicted molar refractivity (Wildman–Crippen MR) is 144 cm³/mol. The first kappa shape index (κ1) is 24.1. The Bertz CT molecular complexity index is 1510. The largest absolute Gasteiger partial charge is 0.458 e. The molecule has 9 nitrogen and oxygen atoms in total. The second kappa shape index (κ2) is 10.2. The van der Waals surface area contributed by atoms with Gasteiger partial charge in [0.05, 0.1) is 5.69 Å². The molecule has 10 heteroatoms. The summed E-state index contributed by atoms with van der Waals surface area (Å²) in [7, 11) is 0. The molecule has 186 valence electrons. The number of carbonyl (C=O) groups is 2. The van der Waals surface area contributed by atoms with E-state index < -0.39 is 5.97 Å². The van der Waals surface area contributed by atoms with Gasteiger partial charge < -0.3 is 26.4 Å². The molecule has 1 saturated heterocycles. The van der Waals surface area contributed by atoms with Gasteiger partial charge in [0, 0.05) is 42.6 Å². The Balaban J connectivity index is 1.33. The van der Waals surface area contributed by atoms with Gasteiger partial charge in [-0.15, -0.1) is 11.3 Å². The van der Waals surface area contributed by atoms with Gasteiger partial charge in [-0.2, -0.15) is 5.26 Å². The molecular formula is C27H24N6O3S. The average molecular weight is 513 g/mol. The Kier molecular flexibility index (Phi) is 6.62. The Morgan fingerprint density at radius 3 is 2.35 bits per heavy atom. The normalized spacial score (nSPS) is 13.8. The number of fused-ring (bicyclic) bond motifs is 1. The Hall–Kier alpha value is -4.62. The number of benzene rings is 2. The molecule has 1 aliphatic rings. The van der Waals surface area contributed by atoms with Gasteiger partial charge in [-0.3, -0.25) is 0 Å². The number of carbonyl (C=O) groups excluding carboxylic acids is 2. The van der Waals surface area contributed by atoms with E-state index in [9.17, 15) is 14.9 Å². The lowest BCUT2D eigenvalue weighted by atomic mass is 9.97. The number of nitrogens with one attached hydrogen (secondary N) is 1. The van der Waals surface area contributed by atoms with E-state index in [2.05, 4.69) is 16.4 Å². The van der Waals surface area contributed by atoms with Crippen molar-refractivity contribution in [2.45, 2.75) is 18.9 Å². The molecule has 3 heterocycles. The van der Waals surface area contributed by atoms with E-state index in [4.69, 9.17) is 16.2 Å². The fraction of sp³-hybridized carbons (Fsp3) is 0.185. The number of nitrogens with zero attached hydrogens (tertiary/aromatic N) is 3. The van der Waals surface area contributed by atoms with Gasteiger partial charge in [0.2, 0.25) is 0 Å². The summed E-state index contributed by atoms with van der Waals surface area (Å²) >= 11 is 1.09. The Morgan fingerprint density at radius 1 is 1.05 bits per heavy atom. The van der Waals surface area contributed by atoms with Crippen molar-refractivity contribution in [1.29, 1.82) is 5.26 Å². The number of nitrogens with two attached hydrogens (primary N) is 2. The minimum atomic E-state index is -0.552. The maximum atomic E-state index is 13.1. The zero-order valence-electron chi connectivity index (χ0n) is 19.8. The van der Waals surface area contributed by atoms with Crippen LogP contribution in [0.25, 0.3) is 21.3 Å². The summed E-state index contributed by atoms with van der Waals surface area (Å²) in [4.78, 5) is 32.4. The van der Waals surface area contributed by atoms with E-state index in [1.54, 1.807) is 4.90 Å². The van der Waals surface area contributed by atoms with Gasteiger partial charge in [-0.25, -0.2) is 14.6 Å². The number of urea groups is 1. The van der Waals surface area contributed by atoms with Crippen molar-refractivity contribution in [3.63, 3.8) is 0 Å². The predicted octanol–water partition coefficient (Wildman–Crippen LogP) is 4.85. The highest BCUT2D eigenvalue weighted by atomic mass is 32.1. The van der Waals surface area contributed by atoms with Crippen LogP contribution >= 0.6 is 11.3 Å². The average Bonchev–Trinajstić information content (AvgIpc) is 3.25. The SMILES string of the molecule is N#Cc1c(N)nc2sc(C(=O)OC3CCN(C(=O)Nc4ccccc4)CC3)c(N)c2c1-c1ccccc1. The number of nitriles is 1. The van der Waals surface area contributed by atoms with E-state index in [1.807, 2.05) is 60.7 Å². The quantitative estimate of drug-likeness (QED) is 0.331. The number of nitrogen functional groups attached to an aromatic ring is 2. The minimum absolute atomic E-state index is 0.0798. The van der Waals surface area contributed by atoms with Crippen molar-refractivity contribution in [1.82, 2.24) is 9.88 Å². The highest BCUT2D eigenvalue weighted by Crippen LogP contribution is 2.42. The molecule has 0 radical (unpaired) electrons. The number of pyridine rings is 1. The van der Waals surface area contributed by atoms with Crippen molar-refractivity contribution < 1.29 is 14.3 Å². The number of hydrogen-bond donors (Lipinski definition) is 3.